The van der Waals surface area contributed by atoms with E-state index in [1.54, 1.807) is 0 Å². The van der Waals surface area contributed by atoms with Crippen molar-refractivity contribution in [2.24, 2.45) is 0 Å². The lowest BCUT2D eigenvalue weighted by Gasteiger charge is -2.07. The van der Waals surface area contributed by atoms with Gasteiger partial charge in [0.2, 0.25) is 5.88 Å². The van der Waals surface area contributed by atoms with Crippen molar-refractivity contribution in [2.45, 2.75) is 0 Å². The van der Waals surface area contributed by atoms with E-state index in [0.717, 1.165) is 0 Å². The van der Waals surface area contributed by atoms with Gasteiger partial charge >= 0.3 is 0 Å². The molecule has 0 fully saturated rings. The van der Waals surface area contributed by atoms with Crippen molar-refractivity contribution in [3.05, 3.63) is 36.7 Å². The van der Waals surface area contributed by atoms with Gasteiger partial charge in [0, 0.05) is 6.07 Å². The van der Waals surface area contributed by atoms with Gasteiger partial charge in [-0.3, -0.25) is 0 Å². The van der Waals surface area contributed by atoms with Gasteiger partial charge < -0.3 is 15.5 Å². The predicted octanol–water partition coefficient (Wildman–Crippen LogP) is 1.87. The normalized spacial score (nSPS) is 10.7. The average Bonchev–Trinajstić information content (AvgIpc) is 2.83. The number of nitrogen functional groups attached to an aromatic ring is 1. The smallest absolute Gasteiger partial charge is 0.248 e. The summed E-state index contributed by atoms with van der Waals surface area (Å²) < 4.78 is 18.6. The van der Waals surface area contributed by atoms with Crippen molar-refractivity contribution < 1.29 is 9.13 Å². The van der Waals surface area contributed by atoms with Crippen LogP contribution in [0, 0.1) is 5.82 Å². The zero-order valence-electron chi connectivity index (χ0n) is 9.09. The van der Waals surface area contributed by atoms with Gasteiger partial charge in [0.15, 0.2) is 11.4 Å². The minimum Gasteiger partial charge on any atom is -0.435 e. The fraction of sp³-hybridized carbons (Fsp3) is 0. The van der Waals surface area contributed by atoms with Gasteiger partial charge in [0.25, 0.3) is 0 Å². The van der Waals surface area contributed by atoms with Crippen molar-refractivity contribution in [2.75, 3.05) is 5.73 Å². The molecule has 3 aromatic rings. The molecule has 0 amide bonds. The zero-order valence-corrected chi connectivity index (χ0v) is 9.09. The average molecular weight is 245 g/mol. The molecule has 0 saturated heterocycles. The summed E-state index contributed by atoms with van der Waals surface area (Å²) in [6.45, 7) is 0. The highest BCUT2D eigenvalue weighted by Crippen LogP contribution is 2.29. The number of halogens is 1. The lowest BCUT2D eigenvalue weighted by molar-refractivity contribution is 0.464. The van der Waals surface area contributed by atoms with Gasteiger partial charge in [0.1, 0.15) is 17.7 Å². The molecule has 0 aliphatic heterocycles. The Labute approximate surface area is 101 Å². The monoisotopic (exact) mass is 245 g/mol. The van der Waals surface area contributed by atoms with Gasteiger partial charge in [-0.25, -0.2) is 14.4 Å². The number of aromatic nitrogens is 4. The Bertz CT molecular complexity index is 711. The molecule has 18 heavy (non-hydrogen) atoms. The van der Waals surface area contributed by atoms with E-state index >= 15 is 0 Å². The Balaban J connectivity index is 2.06. The van der Waals surface area contributed by atoms with Crippen molar-refractivity contribution >= 4 is 16.9 Å². The highest BCUT2D eigenvalue weighted by atomic mass is 19.1. The van der Waals surface area contributed by atoms with Crippen LogP contribution >= 0.6 is 0 Å². The molecule has 0 aliphatic carbocycles. The van der Waals surface area contributed by atoms with Crippen LogP contribution in [0.2, 0.25) is 0 Å². The Morgan fingerprint density at radius 1 is 1.22 bits per heavy atom. The van der Waals surface area contributed by atoms with Crippen LogP contribution in [0.1, 0.15) is 0 Å². The first-order valence-corrected chi connectivity index (χ1v) is 5.11. The summed E-state index contributed by atoms with van der Waals surface area (Å²) in [5, 5.41) is 0. The van der Waals surface area contributed by atoms with E-state index in [9.17, 15) is 4.39 Å². The number of ether oxygens (including phenoxy) is 1. The number of nitrogens with one attached hydrogen (secondary N) is 1. The molecule has 0 aliphatic rings. The third-order valence-corrected chi connectivity index (χ3v) is 2.37. The number of imidazole rings is 1. The van der Waals surface area contributed by atoms with Gasteiger partial charge in [-0.05, 0) is 12.1 Å². The Kier molecular flexibility index (Phi) is 2.30. The van der Waals surface area contributed by atoms with Crippen molar-refractivity contribution in [3.8, 4) is 11.6 Å². The number of hydrogen-bond acceptors (Lipinski definition) is 5. The lowest BCUT2D eigenvalue weighted by Crippen LogP contribution is -1.95. The Morgan fingerprint density at radius 3 is 3.00 bits per heavy atom. The topological polar surface area (TPSA) is 89.7 Å². The van der Waals surface area contributed by atoms with Crippen molar-refractivity contribution in [3.63, 3.8) is 0 Å². The maximum atomic E-state index is 13.1. The standard InChI is InChI=1S/C11H8FN5O/c12-6-1-2-7(13)8(3-6)18-11-9-10(15-4-14-9)16-5-17-11/h1-5H,13H2,(H,14,15,16,17). The maximum absolute atomic E-state index is 13.1. The molecule has 0 radical (unpaired) electrons. The number of aromatic amines is 1. The number of fused-ring (bicyclic) bond motifs is 1. The molecule has 0 atom stereocenters. The molecule has 7 heteroatoms. The number of H-pyrrole nitrogens is 1. The summed E-state index contributed by atoms with van der Waals surface area (Å²) in [6.07, 6.45) is 2.79. The fourth-order valence-electron chi connectivity index (χ4n) is 1.52. The predicted molar refractivity (Wildman–Crippen MR) is 62.6 cm³/mol. The molecule has 1 aromatic carbocycles. The molecule has 0 bridgehead atoms. The van der Waals surface area contributed by atoms with E-state index in [1.807, 2.05) is 0 Å². The molecule has 3 rings (SSSR count). The van der Waals surface area contributed by atoms with E-state index in [1.165, 1.54) is 30.9 Å². The summed E-state index contributed by atoms with van der Waals surface area (Å²) in [5.74, 6) is 0.00788. The van der Waals surface area contributed by atoms with Gasteiger partial charge in [-0.2, -0.15) is 4.98 Å². The van der Waals surface area contributed by atoms with Crippen LogP contribution in [-0.2, 0) is 0 Å². The van der Waals surface area contributed by atoms with Gasteiger partial charge in [0.05, 0.1) is 12.0 Å². The largest absolute Gasteiger partial charge is 0.435 e. The van der Waals surface area contributed by atoms with E-state index in [2.05, 4.69) is 19.9 Å². The summed E-state index contributed by atoms with van der Waals surface area (Å²) >= 11 is 0. The van der Waals surface area contributed by atoms with Crippen LogP contribution in [0.5, 0.6) is 11.6 Å². The van der Waals surface area contributed by atoms with E-state index in [4.69, 9.17) is 10.5 Å². The van der Waals surface area contributed by atoms with Gasteiger partial charge in [-0.1, -0.05) is 0 Å². The SMILES string of the molecule is Nc1ccc(F)cc1Oc1ncnc2nc[nH]c12. The molecule has 2 aromatic heterocycles. The Morgan fingerprint density at radius 2 is 2.11 bits per heavy atom. The lowest BCUT2D eigenvalue weighted by atomic mass is 10.3. The third kappa shape index (κ3) is 1.71. The summed E-state index contributed by atoms with van der Waals surface area (Å²) in [4.78, 5) is 14.7. The molecule has 6 nitrogen and oxygen atoms in total. The van der Waals surface area contributed by atoms with Crippen LogP contribution in [0.15, 0.2) is 30.9 Å². The molecular weight excluding hydrogens is 237 g/mol. The summed E-state index contributed by atoms with van der Waals surface area (Å²) in [7, 11) is 0. The molecule has 3 N–H and O–H groups in total. The first-order chi connectivity index (χ1) is 8.74. The molecule has 0 saturated carbocycles. The van der Waals surface area contributed by atoms with Crippen molar-refractivity contribution in [1.82, 2.24) is 19.9 Å². The van der Waals surface area contributed by atoms with Crippen LogP contribution in [0.4, 0.5) is 10.1 Å². The highest BCUT2D eigenvalue weighted by molar-refractivity contribution is 5.75. The summed E-state index contributed by atoms with van der Waals surface area (Å²) in [6, 6.07) is 3.88. The molecule has 90 valence electrons. The minimum atomic E-state index is -0.436. The zero-order chi connectivity index (χ0) is 12.5. The van der Waals surface area contributed by atoms with Gasteiger partial charge in [-0.15, -0.1) is 0 Å². The number of hydrogen-bond donors (Lipinski definition) is 2. The second kappa shape index (κ2) is 3.95. The molecule has 2 heterocycles. The third-order valence-electron chi connectivity index (χ3n) is 2.37. The van der Waals surface area contributed by atoms with E-state index < -0.39 is 5.82 Å². The van der Waals surface area contributed by atoms with E-state index in [-0.39, 0.29) is 11.6 Å². The first-order valence-electron chi connectivity index (χ1n) is 5.11. The number of benzene rings is 1. The Hall–Kier alpha value is -2.70. The van der Waals surface area contributed by atoms with Crippen LogP contribution in [0.25, 0.3) is 11.2 Å². The number of nitrogens with two attached hydrogens (primary N) is 1. The number of anilines is 1. The van der Waals surface area contributed by atoms with Crippen LogP contribution < -0.4 is 10.5 Å². The molecular formula is C11H8FN5O. The van der Waals surface area contributed by atoms with Crippen LogP contribution in [-0.4, -0.2) is 19.9 Å². The molecule has 0 unspecified atom stereocenters. The number of nitrogens with zero attached hydrogens (tertiary/aromatic N) is 3. The first kappa shape index (κ1) is 10.5. The van der Waals surface area contributed by atoms with Crippen LogP contribution in [0.3, 0.4) is 0 Å². The quantitative estimate of drug-likeness (QED) is 0.672. The van der Waals surface area contributed by atoms with E-state index in [0.29, 0.717) is 16.9 Å². The fourth-order valence-corrected chi connectivity index (χ4v) is 1.52. The highest BCUT2D eigenvalue weighted by Gasteiger charge is 2.10. The maximum Gasteiger partial charge on any atom is 0.248 e. The number of rotatable bonds is 2. The summed E-state index contributed by atoms with van der Waals surface area (Å²) in [5.41, 5.74) is 7.01. The second-order valence-corrected chi connectivity index (χ2v) is 3.56. The van der Waals surface area contributed by atoms with Crippen molar-refractivity contribution in [1.29, 1.82) is 0 Å². The minimum absolute atomic E-state index is 0.199. The second-order valence-electron chi connectivity index (χ2n) is 3.56. The molecule has 0 spiro atoms.